The van der Waals surface area contributed by atoms with Crippen LogP contribution >= 0.6 is 0 Å². The van der Waals surface area contributed by atoms with Crippen LogP contribution < -0.4 is 0 Å². The number of nitrogens with zero attached hydrogens (tertiary/aromatic N) is 2. The first-order valence-electron chi connectivity index (χ1n) is 6.95. The van der Waals surface area contributed by atoms with Crippen molar-refractivity contribution in [1.82, 2.24) is 9.80 Å². The predicted octanol–water partition coefficient (Wildman–Crippen LogP) is 0.376. The maximum Gasteiger partial charge on any atom is 0.242 e. The summed E-state index contributed by atoms with van der Waals surface area (Å²) in [6.45, 7) is 1.82. The lowest BCUT2D eigenvalue weighted by atomic mass is 10.2. The summed E-state index contributed by atoms with van der Waals surface area (Å²) in [6, 6.07) is 5.78. The Balaban J connectivity index is 1.79. The summed E-state index contributed by atoms with van der Waals surface area (Å²) in [5, 5.41) is 9.42. The van der Waals surface area contributed by atoms with Crippen LogP contribution in [0.3, 0.4) is 0 Å². The van der Waals surface area contributed by atoms with E-state index in [9.17, 15) is 19.1 Å². The molecule has 1 aliphatic carbocycles. The molecular formula is C15H17FN2O3. The molecule has 2 aliphatic rings. The fourth-order valence-electron chi connectivity index (χ4n) is 3.19. The van der Waals surface area contributed by atoms with Gasteiger partial charge in [-0.15, -0.1) is 0 Å². The standard InChI is InChI=1S/C15H17FN2O3/c1-9(20)17-7-13(21)18(15-12(8-19)14(15)17)6-10-2-4-11(16)5-3-10/h2-5,12,14-15,19H,6-8H2,1H3/t12-,14-,15+/m0/s1. The summed E-state index contributed by atoms with van der Waals surface area (Å²) in [5.41, 5.74) is 0.836. The molecule has 1 N–H and O–H groups in total. The van der Waals surface area contributed by atoms with E-state index in [1.807, 2.05) is 0 Å². The molecule has 0 bridgehead atoms. The highest BCUT2D eigenvalue weighted by atomic mass is 19.1. The highest BCUT2D eigenvalue weighted by molar-refractivity contribution is 5.87. The summed E-state index contributed by atoms with van der Waals surface area (Å²) in [5.74, 6) is -0.674. The Morgan fingerprint density at radius 2 is 2.00 bits per heavy atom. The van der Waals surface area contributed by atoms with Crippen molar-refractivity contribution in [2.24, 2.45) is 5.92 Å². The van der Waals surface area contributed by atoms with Crippen LogP contribution in [0, 0.1) is 11.7 Å². The second-order valence-electron chi connectivity index (χ2n) is 5.62. The van der Waals surface area contributed by atoms with Crippen molar-refractivity contribution in [3.8, 4) is 0 Å². The predicted molar refractivity (Wildman–Crippen MR) is 72.5 cm³/mol. The zero-order valence-electron chi connectivity index (χ0n) is 11.7. The Morgan fingerprint density at radius 1 is 1.33 bits per heavy atom. The van der Waals surface area contributed by atoms with Crippen molar-refractivity contribution in [3.05, 3.63) is 35.6 Å². The van der Waals surface area contributed by atoms with Crippen molar-refractivity contribution in [3.63, 3.8) is 0 Å². The zero-order valence-corrected chi connectivity index (χ0v) is 11.7. The molecular weight excluding hydrogens is 275 g/mol. The van der Waals surface area contributed by atoms with E-state index in [2.05, 4.69) is 0 Å². The SMILES string of the molecule is CC(=O)N1CC(=O)N(Cc2ccc(F)cc2)[C@@H]2[C@@H](CO)[C@@H]21. The fraction of sp³-hybridized carbons (Fsp3) is 0.467. The maximum atomic E-state index is 12.9. The lowest BCUT2D eigenvalue weighted by Gasteiger charge is -2.33. The summed E-state index contributed by atoms with van der Waals surface area (Å²) in [7, 11) is 0. The van der Waals surface area contributed by atoms with Crippen LogP contribution in [0.2, 0.25) is 0 Å². The quantitative estimate of drug-likeness (QED) is 0.876. The lowest BCUT2D eigenvalue weighted by Crippen LogP contribution is -2.51. The Bertz CT molecular complexity index is 575. The molecule has 6 heteroatoms. The van der Waals surface area contributed by atoms with Crippen LogP contribution in [0.15, 0.2) is 24.3 Å². The first-order valence-corrected chi connectivity index (χ1v) is 6.95. The molecule has 1 saturated carbocycles. The Hall–Kier alpha value is -1.95. The van der Waals surface area contributed by atoms with Crippen LogP contribution in [-0.2, 0) is 16.1 Å². The molecule has 0 unspecified atom stereocenters. The molecule has 1 heterocycles. The molecule has 21 heavy (non-hydrogen) atoms. The van der Waals surface area contributed by atoms with Gasteiger partial charge in [-0.05, 0) is 17.7 Å². The van der Waals surface area contributed by atoms with Crippen molar-refractivity contribution in [2.75, 3.05) is 13.2 Å². The maximum absolute atomic E-state index is 12.9. The largest absolute Gasteiger partial charge is 0.396 e. The van der Waals surface area contributed by atoms with Crippen LogP contribution in [0.5, 0.6) is 0 Å². The van der Waals surface area contributed by atoms with Crippen molar-refractivity contribution < 1.29 is 19.1 Å². The number of rotatable bonds is 3. The van der Waals surface area contributed by atoms with E-state index in [0.29, 0.717) is 6.54 Å². The number of hydrogen-bond donors (Lipinski definition) is 1. The van der Waals surface area contributed by atoms with E-state index in [0.717, 1.165) is 5.56 Å². The molecule has 5 nitrogen and oxygen atoms in total. The number of aliphatic hydroxyl groups excluding tert-OH is 1. The molecule has 112 valence electrons. The summed E-state index contributed by atoms with van der Waals surface area (Å²) in [4.78, 5) is 27.1. The first kappa shape index (κ1) is 14.0. The van der Waals surface area contributed by atoms with Gasteiger partial charge in [-0.3, -0.25) is 9.59 Å². The smallest absolute Gasteiger partial charge is 0.242 e. The van der Waals surface area contributed by atoms with Gasteiger partial charge in [0.1, 0.15) is 12.4 Å². The van der Waals surface area contributed by atoms with Gasteiger partial charge < -0.3 is 14.9 Å². The minimum Gasteiger partial charge on any atom is -0.396 e. The van der Waals surface area contributed by atoms with Gasteiger partial charge in [-0.25, -0.2) is 4.39 Å². The van der Waals surface area contributed by atoms with E-state index in [1.54, 1.807) is 17.0 Å². The summed E-state index contributed by atoms with van der Waals surface area (Å²) in [6.07, 6.45) is 0. The molecule has 0 spiro atoms. The number of hydrogen-bond acceptors (Lipinski definition) is 3. The fourth-order valence-corrected chi connectivity index (χ4v) is 3.19. The number of piperazine rings is 1. The van der Waals surface area contributed by atoms with Gasteiger partial charge in [0.15, 0.2) is 0 Å². The zero-order chi connectivity index (χ0) is 15.1. The first-order chi connectivity index (χ1) is 10.0. The van der Waals surface area contributed by atoms with Crippen molar-refractivity contribution >= 4 is 11.8 Å². The van der Waals surface area contributed by atoms with Crippen LogP contribution in [0.25, 0.3) is 0 Å². The minimum atomic E-state index is -0.316. The Kier molecular flexibility index (Phi) is 3.41. The van der Waals surface area contributed by atoms with Gasteiger partial charge in [0.05, 0.1) is 12.1 Å². The molecule has 1 aliphatic heterocycles. The molecule has 1 saturated heterocycles. The molecule has 2 fully saturated rings. The van der Waals surface area contributed by atoms with Gasteiger partial charge in [0.2, 0.25) is 11.8 Å². The number of aliphatic hydroxyl groups is 1. The van der Waals surface area contributed by atoms with Gasteiger partial charge in [-0.2, -0.15) is 0 Å². The van der Waals surface area contributed by atoms with Gasteiger partial charge >= 0.3 is 0 Å². The van der Waals surface area contributed by atoms with Crippen LogP contribution in [-0.4, -0.2) is 52.0 Å². The van der Waals surface area contributed by atoms with E-state index in [-0.39, 0.29) is 48.8 Å². The van der Waals surface area contributed by atoms with E-state index in [4.69, 9.17) is 0 Å². The highest BCUT2D eigenvalue weighted by Crippen LogP contribution is 2.44. The molecule has 3 atom stereocenters. The average molecular weight is 292 g/mol. The number of halogens is 1. The third-order valence-electron chi connectivity index (χ3n) is 4.31. The summed E-state index contributed by atoms with van der Waals surface area (Å²) >= 11 is 0. The van der Waals surface area contributed by atoms with Crippen LogP contribution in [0.1, 0.15) is 12.5 Å². The number of fused-ring (bicyclic) bond motifs is 1. The Labute approximate surface area is 122 Å². The number of benzene rings is 1. The second-order valence-corrected chi connectivity index (χ2v) is 5.62. The number of amides is 2. The third kappa shape index (κ3) is 2.40. The third-order valence-corrected chi connectivity index (χ3v) is 4.31. The van der Waals surface area contributed by atoms with Gasteiger partial charge in [-0.1, -0.05) is 12.1 Å². The topological polar surface area (TPSA) is 60.9 Å². The number of carbonyl (C=O) groups excluding carboxylic acids is 2. The monoisotopic (exact) mass is 292 g/mol. The molecule has 0 radical (unpaired) electrons. The minimum absolute atomic E-state index is 0.0493. The number of carbonyl (C=O) groups is 2. The molecule has 1 aromatic rings. The highest BCUT2D eigenvalue weighted by Gasteiger charge is 2.61. The van der Waals surface area contributed by atoms with E-state index in [1.165, 1.54) is 24.0 Å². The van der Waals surface area contributed by atoms with Crippen molar-refractivity contribution in [2.45, 2.75) is 25.6 Å². The lowest BCUT2D eigenvalue weighted by molar-refractivity contribution is -0.144. The van der Waals surface area contributed by atoms with Crippen molar-refractivity contribution in [1.29, 1.82) is 0 Å². The molecule has 3 rings (SSSR count). The molecule has 2 amide bonds. The molecule has 1 aromatic carbocycles. The normalized spacial score (nSPS) is 27.6. The van der Waals surface area contributed by atoms with E-state index < -0.39 is 0 Å². The molecule has 0 aromatic heterocycles. The van der Waals surface area contributed by atoms with Gasteiger partial charge in [0.25, 0.3) is 0 Å². The summed E-state index contributed by atoms with van der Waals surface area (Å²) < 4.78 is 12.9. The van der Waals surface area contributed by atoms with E-state index >= 15 is 0 Å². The Morgan fingerprint density at radius 3 is 2.57 bits per heavy atom. The second kappa shape index (κ2) is 5.11. The average Bonchev–Trinajstić information content (AvgIpc) is 3.17. The van der Waals surface area contributed by atoms with Gasteiger partial charge in [0, 0.05) is 26.0 Å². The van der Waals surface area contributed by atoms with Crippen LogP contribution in [0.4, 0.5) is 4.39 Å².